The van der Waals surface area contributed by atoms with Crippen molar-refractivity contribution in [2.24, 2.45) is 29.1 Å². The molecule has 7 atom stereocenters. The van der Waals surface area contributed by atoms with E-state index in [-0.39, 0.29) is 48.6 Å². The SMILES string of the molecule is [2H]O[C@H]1CC(=O)OC(CC[C@@H]2[C@@H]3C(=C[C@H](C([2H])([2H])[2H])C[C@@H]3OC(=O)C(C)(C)CC)C=C[C@@H]2C)C1. The van der Waals surface area contributed by atoms with Gasteiger partial charge in [0.15, 0.2) is 0 Å². The number of rotatable bonds is 7. The van der Waals surface area contributed by atoms with Gasteiger partial charge >= 0.3 is 11.9 Å². The van der Waals surface area contributed by atoms with Crippen LogP contribution in [-0.4, -0.2) is 36.8 Å². The fraction of sp³-hybridized carbons (Fsp3) is 0.760. The summed E-state index contributed by atoms with van der Waals surface area (Å²) in [6.07, 6.45) is 7.43. The number of aliphatic hydroxyl groups is 1. The predicted molar refractivity (Wildman–Crippen MR) is 115 cm³/mol. The van der Waals surface area contributed by atoms with E-state index in [4.69, 9.17) is 15.0 Å². The predicted octanol–water partition coefficient (Wildman–Crippen LogP) is 4.59. The molecule has 0 aromatic heterocycles. The zero-order valence-corrected chi connectivity index (χ0v) is 18.6. The fourth-order valence-electron chi connectivity index (χ4n) is 4.85. The molecule has 0 bridgehead atoms. The Balaban J connectivity index is 1.84. The Labute approximate surface area is 186 Å². The molecule has 1 unspecified atom stereocenters. The van der Waals surface area contributed by atoms with E-state index in [1.165, 1.54) is 0 Å². The third-order valence-corrected chi connectivity index (χ3v) is 7.13. The van der Waals surface area contributed by atoms with Crippen molar-refractivity contribution in [3.05, 3.63) is 23.8 Å². The highest BCUT2D eigenvalue weighted by Gasteiger charge is 2.43. The van der Waals surface area contributed by atoms with Crippen LogP contribution in [-0.2, 0) is 19.1 Å². The smallest absolute Gasteiger partial charge is 0.311 e. The minimum atomic E-state index is -2.17. The Morgan fingerprint density at radius 2 is 2.20 bits per heavy atom. The Hall–Kier alpha value is -1.62. The zero-order chi connectivity index (χ0) is 25.3. The Kier molecular flexibility index (Phi) is 5.55. The molecule has 1 heterocycles. The maximum absolute atomic E-state index is 13.0. The van der Waals surface area contributed by atoms with E-state index < -0.39 is 30.4 Å². The molecule has 168 valence electrons. The molecule has 1 fully saturated rings. The highest BCUT2D eigenvalue weighted by molar-refractivity contribution is 5.76. The van der Waals surface area contributed by atoms with Crippen molar-refractivity contribution in [2.75, 3.05) is 0 Å². The van der Waals surface area contributed by atoms with Crippen LogP contribution in [0.5, 0.6) is 0 Å². The van der Waals surface area contributed by atoms with Crippen LogP contribution < -0.4 is 0 Å². The number of hydrogen-bond donors (Lipinski definition) is 1. The number of cyclic esters (lactones) is 1. The van der Waals surface area contributed by atoms with Crippen molar-refractivity contribution in [3.8, 4) is 0 Å². The Morgan fingerprint density at radius 3 is 2.90 bits per heavy atom. The average Bonchev–Trinajstić information content (AvgIpc) is 2.77. The maximum Gasteiger partial charge on any atom is 0.311 e. The van der Waals surface area contributed by atoms with Crippen LogP contribution in [0.4, 0.5) is 0 Å². The van der Waals surface area contributed by atoms with Gasteiger partial charge in [-0.2, -0.15) is 0 Å². The second-order valence-electron chi connectivity index (χ2n) is 9.85. The molecule has 5 nitrogen and oxygen atoms in total. The van der Waals surface area contributed by atoms with Crippen LogP contribution in [0, 0.1) is 29.1 Å². The van der Waals surface area contributed by atoms with Crippen molar-refractivity contribution in [1.29, 1.82) is 1.43 Å². The number of ether oxygens (including phenoxy) is 2. The minimum Gasteiger partial charge on any atom is -0.462 e. The number of fused-ring (bicyclic) bond motifs is 1. The molecule has 30 heavy (non-hydrogen) atoms. The molecule has 0 radical (unpaired) electrons. The van der Waals surface area contributed by atoms with Gasteiger partial charge in [0.2, 0.25) is 1.43 Å². The molecule has 2 aliphatic carbocycles. The van der Waals surface area contributed by atoms with E-state index >= 15 is 0 Å². The summed E-state index contributed by atoms with van der Waals surface area (Å²) in [7, 11) is 0. The standard InChI is InChI=1S/C25H38O5/c1-6-25(4,5)24(28)30-21-12-15(2)11-17-8-7-16(3)20(23(17)21)10-9-19-13-18(26)14-22(27)29-19/h7-8,11,15-16,18-21,23,26H,6,9-10,12-14H2,1-5H3/t15-,16-,18+,19?,20-,21-,23-/m0/s1/i2D3,26D. The molecule has 1 saturated heterocycles. The lowest BCUT2D eigenvalue weighted by atomic mass is 9.65. The van der Waals surface area contributed by atoms with Crippen LogP contribution in [0.2, 0.25) is 0 Å². The second kappa shape index (κ2) is 9.25. The molecular weight excluding hydrogens is 380 g/mol. The maximum atomic E-state index is 13.0. The van der Waals surface area contributed by atoms with Crippen LogP contribution in [0.15, 0.2) is 23.8 Å². The molecule has 0 aromatic carbocycles. The lowest BCUT2D eigenvalue weighted by Gasteiger charge is -2.44. The quantitative estimate of drug-likeness (QED) is 0.608. The van der Waals surface area contributed by atoms with Gasteiger partial charge in [-0.3, -0.25) is 9.59 Å². The van der Waals surface area contributed by atoms with E-state index in [2.05, 4.69) is 18.1 Å². The summed E-state index contributed by atoms with van der Waals surface area (Å²) in [5.41, 5.74) is 0.264. The van der Waals surface area contributed by atoms with E-state index in [0.717, 1.165) is 12.0 Å². The first-order chi connectivity index (χ1) is 15.9. The molecule has 5 heteroatoms. The largest absolute Gasteiger partial charge is 0.462 e. The summed E-state index contributed by atoms with van der Waals surface area (Å²) in [6, 6.07) is 0. The normalized spacial score (nSPS) is 38.9. The molecule has 0 spiro atoms. The minimum absolute atomic E-state index is 0.0971. The van der Waals surface area contributed by atoms with Crippen molar-refractivity contribution in [3.63, 3.8) is 0 Å². The van der Waals surface area contributed by atoms with Crippen molar-refractivity contribution < 1.29 is 28.3 Å². The van der Waals surface area contributed by atoms with Gasteiger partial charge in [0, 0.05) is 16.5 Å². The van der Waals surface area contributed by atoms with Crippen LogP contribution in [0.25, 0.3) is 0 Å². The lowest BCUT2D eigenvalue weighted by Crippen LogP contribution is -2.43. The van der Waals surface area contributed by atoms with Crippen LogP contribution in [0.1, 0.15) is 77.2 Å². The van der Waals surface area contributed by atoms with Gasteiger partial charge in [-0.25, -0.2) is 0 Å². The first-order valence-corrected chi connectivity index (χ1v) is 11.3. The summed E-state index contributed by atoms with van der Waals surface area (Å²) in [6.45, 7) is 5.58. The number of aliphatic hydroxyl groups excluding tert-OH is 1. The molecule has 1 N–H and O–H groups in total. The molecule has 3 aliphatic rings. The van der Waals surface area contributed by atoms with Crippen molar-refractivity contribution in [1.82, 2.24) is 0 Å². The topological polar surface area (TPSA) is 72.8 Å². The number of esters is 2. The molecule has 0 aromatic rings. The zero-order valence-electron chi connectivity index (χ0n) is 22.6. The molecule has 3 rings (SSSR count). The third kappa shape index (κ3) is 5.16. The second-order valence-corrected chi connectivity index (χ2v) is 9.85. The summed E-state index contributed by atoms with van der Waals surface area (Å²) in [4.78, 5) is 24.9. The van der Waals surface area contributed by atoms with Crippen molar-refractivity contribution in [2.45, 2.75) is 91.4 Å². The van der Waals surface area contributed by atoms with Gasteiger partial charge < -0.3 is 14.6 Å². The summed E-state index contributed by atoms with van der Waals surface area (Å²) < 4.78 is 42.7. The van der Waals surface area contributed by atoms with Crippen LogP contribution >= 0.6 is 0 Å². The van der Waals surface area contributed by atoms with E-state index in [9.17, 15) is 9.59 Å². The highest BCUT2D eigenvalue weighted by Crippen LogP contribution is 2.45. The van der Waals surface area contributed by atoms with Crippen LogP contribution in [0.3, 0.4) is 0 Å². The van der Waals surface area contributed by atoms with Gasteiger partial charge in [-0.1, -0.05) is 38.9 Å². The monoisotopic (exact) mass is 422 g/mol. The van der Waals surface area contributed by atoms with Gasteiger partial charge in [0.1, 0.15) is 12.2 Å². The molecule has 0 saturated carbocycles. The Bertz CT molecular complexity index is 819. The van der Waals surface area contributed by atoms with Gasteiger partial charge in [0.25, 0.3) is 0 Å². The number of carbonyl (C=O) groups is 2. The Morgan fingerprint density at radius 1 is 1.40 bits per heavy atom. The fourth-order valence-corrected chi connectivity index (χ4v) is 4.85. The molecule has 1 aliphatic heterocycles. The van der Waals surface area contributed by atoms with Crippen molar-refractivity contribution >= 4 is 11.9 Å². The third-order valence-electron chi connectivity index (χ3n) is 7.13. The summed E-state index contributed by atoms with van der Waals surface area (Å²) >= 11 is 0. The number of hydrogen-bond acceptors (Lipinski definition) is 5. The van der Waals surface area contributed by atoms with E-state index in [0.29, 0.717) is 19.3 Å². The summed E-state index contributed by atoms with van der Waals surface area (Å²) in [5, 5.41) is 4.66. The lowest BCUT2D eigenvalue weighted by molar-refractivity contribution is -0.166. The van der Waals surface area contributed by atoms with Gasteiger partial charge in [0.05, 0.1) is 17.9 Å². The first-order valence-electron chi connectivity index (χ1n) is 13.2. The average molecular weight is 423 g/mol. The molecule has 0 amide bonds. The van der Waals surface area contributed by atoms with Gasteiger partial charge in [-0.15, -0.1) is 0 Å². The molecular formula is C25H38O5. The number of allylic oxidation sites excluding steroid dienone is 3. The highest BCUT2D eigenvalue weighted by atomic mass is 16.6. The van der Waals surface area contributed by atoms with E-state index in [1.54, 1.807) is 0 Å². The first kappa shape index (κ1) is 18.0. The number of carbonyl (C=O) groups excluding carboxylic acids is 2. The van der Waals surface area contributed by atoms with E-state index in [1.807, 2.05) is 32.9 Å². The van der Waals surface area contributed by atoms with Gasteiger partial charge in [-0.05, 0) is 62.9 Å². The summed E-state index contributed by atoms with van der Waals surface area (Å²) in [5.74, 6) is -1.14.